The number of hydrogen-bond donors (Lipinski definition) is 1. The zero-order valence-electron chi connectivity index (χ0n) is 11.7. The van der Waals surface area contributed by atoms with Gasteiger partial charge in [0.2, 0.25) is 10.0 Å². The lowest BCUT2D eigenvalue weighted by molar-refractivity contribution is 0.212. The van der Waals surface area contributed by atoms with Crippen molar-refractivity contribution in [2.75, 3.05) is 13.1 Å². The number of nitrogens with zero attached hydrogens (tertiary/aromatic N) is 1. The molecule has 4 nitrogen and oxygen atoms in total. The molecule has 112 valence electrons. The van der Waals surface area contributed by atoms with Crippen LogP contribution in [0.4, 0.5) is 4.39 Å². The van der Waals surface area contributed by atoms with Crippen molar-refractivity contribution in [3.63, 3.8) is 0 Å². The molecule has 2 rings (SSSR count). The van der Waals surface area contributed by atoms with Gasteiger partial charge in [-0.15, -0.1) is 0 Å². The van der Waals surface area contributed by atoms with Crippen molar-refractivity contribution in [3.8, 4) is 0 Å². The molecule has 1 aliphatic heterocycles. The second-order valence-electron chi connectivity index (χ2n) is 5.52. The second kappa shape index (κ2) is 5.79. The van der Waals surface area contributed by atoms with Crippen molar-refractivity contribution < 1.29 is 17.9 Å². The first-order chi connectivity index (χ1) is 9.36. The third-order valence-corrected chi connectivity index (χ3v) is 5.98. The first-order valence-corrected chi connectivity index (χ1v) is 8.19. The van der Waals surface area contributed by atoms with Gasteiger partial charge in [-0.1, -0.05) is 13.8 Å². The lowest BCUT2D eigenvalue weighted by Crippen LogP contribution is -2.42. The molecule has 1 aliphatic rings. The number of benzene rings is 1. The van der Waals surface area contributed by atoms with Crippen LogP contribution < -0.4 is 0 Å². The summed E-state index contributed by atoms with van der Waals surface area (Å²) >= 11 is 0. The first-order valence-electron chi connectivity index (χ1n) is 6.75. The van der Waals surface area contributed by atoms with Gasteiger partial charge in [0.25, 0.3) is 0 Å². The van der Waals surface area contributed by atoms with Crippen LogP contribution >= 0.6 is 0 Å². The summed E-state index contributed by atoms with van der Waals surface area (Å²) in [6.07, 6.45) is 0.828. The van der Waals surface area contributed by atoms with Gasteiger partial charge >= 0.3 is 0 Å². The summed E-state index contributed by atoms with van der Waals surface area (Å²) in [5, 5.41) is 9.05. The number of aliphatic hydroxyl groups is 1. The number of aliphatic hydroxyl groups excluding tert-OH is 1. The second-order valence-corrected chi connectivity index (χ2v) is 7.46. The zero-order valence-corrected chi connectivity index (χ0v) is 12.5. The van der Waals surface area contributed by atoms with Crippen LogP contribution in [0.25, 0.3) is 0 Å². The van der Waals surface area contributed by atoms with E-state index >= 15 is 0 Å². The molecule has 0 aromatic heterocycles. The van der Waals surface area contributed by atoms with E-state index in [0.29, 0.717) is 24.9 Å². The van der Waals surface area contributed by atoms with Gasteiger partial charge in [0, 0.05) is 18.7 Å². The van der Waals surface area contributed by atoms with Crippen LogP contribution in [0.3, 0.4) is 0 Å². The van der Waals surface area contributed by atoms with E-state index in [1.165, 1.54) is 16.4 Å². The van der Waals surface area contributed by atoms with E-state index in [2.05, 4.69) is 6.92 Å². The Morgan fingerprint density at radius 1 is 1.35 bits per heavy atom. The summed E-state index contributed by atoms with van der Waals surface area (Å²) in [6, 6.07) is 3.56. The van der Waals surface area contributed by atoms with E-state index in [0.717, 1.165) is 12.5 Å². The molecule has 0 bridgehead atoms. The van der Waals surface area contributed by atoms with Crippen molar-refractivity contribution in [2.45, 2.75) is 31.8 Å². The van der Waals surface area contributed by atoms with Crippen molar-refractivity contribution in [3.05, 3.63) is 29.6 Å². The monoisotopic (exact) mass is 301 g/mol. The zero-order chi connectivity index (χ0) is 14.9. The minimum Gasteiger partial charge on any atom is -0.392 e. The molecule has 1 heterocycles. The lowest BCUT2D eigenvalue weighted by atomic mass is 9.90. The summed E-state index contributed by atoms with van der Waals surface area (Å²) in [5.41, 5.74) is 0.00417. The highest BCUT2D eigenvalue weighted by atomic mass is 32.2. The quantitative estimate of drug-likeness (QED) is 0.929. The van der Waals surface area contributed by atoms with Crippen molar-refractivity contribution in [1.29, 1.82) is 0 Å². The third kappa shape index (κ3) is 2.87. The Morgan fingerprint density at radius 3 is 2.65 bits per heavy atom. The summed E-state index contributed by atoms with van der Waals surface area (Å²) in [6.45, 7) is 4.62. The van der Waals surface area contributed by atoms with Gasteiger partial charge in [-0.25, -0.2) is 12.8 Å². The number of halogens is 1. The fourth-order valence-electron chi connectivity index (χ4n) is 2.42. The van der Waals surface area contributed by atoms with Crippen molar-refractivity contribution in [2.24, 2.45) is 11.8 Å². The fraction of sp³-hybridized carbons (Fsp3) is 0.571. The average Bonchev–Trinajstić information content (AvgIpc) is 2.42. The Balaban J connectivity index is 2.31. The topological polar surface area (TPSA) is 57.6 Å². The van der Waals surface area contributed by atoms with Gasteiger partial charge in [0.1, 0.15) is 5.82 Å². The number of piperidine rings is 1. The van der Waals surface area contributed by atoms with Gasteiger partial charge in [0.05, 0.1) is 11.5 Å². The first kappa shape index (κ1) is 15.4. The van der Waals surface area contributed by atoms with Gasteiger partial charge in [-0.2, -0.15) is 4.31 Å². The van der Waals surface area contributed by atoms with Gasteiger partial charge in [-0.3, -0.25) is 0 Å². The highest BCUT2D eigenvalue weighted by Crippen LogP contribution is 2.28. The molecule has 20 heavy (non-hydrogen) atoms. The minimum atomic E-state index is -3.61. The molecule has 1 fully saturated rings. The highest BCUT2D eigenvalue weighted by Gasteiger charge is 2.31. The fourth-order valence-corrected chi connectivity index (χ4v) is 4.03. The number of hydrogen-bond acceptors (Lipinski definition) is 3. The SMILES string of the molecule is CC1CCN(S(=O)(=O)c2ccc(F)c(CO)c2)CC1C. The highest BCUT2D eigenvalue weighted by molar-refractivity contribution is 7.89. The van der Waals surface area contributed by atoms with Crippen LogP contribution in [0, 0.1) is 17.7 Å². The third-order valence-electron chi connectivity index (χ3n) is 4.12. The molecule has 1 aromatic rings. The Kier molecular flexibility index (Phi) is 4.46. The lowest BCUT2D eigenvalue weighted by Gasteiger charge is -2.34. The van der Waals surface area contributed by atoms with Crippen LogP contribution in [0.2, 0.25) is 0 Å². The molecule has 0 aliphatic carbocycles. The van der Waals surface area contributed by atoms with Gasteiger partial charge in [-0.05, 0) is 36.5 Å². The molecule has 2 unspecified atom stereocenters. The molecule has 0 spiro atoms. The maximum atomic E-state index is 13.3. The van der Waals surface area contributed by atoms with E-state index in [1.807, 2.05) is 6.92 Å². The molecule has 2 atom stereocenters. The summed E-state index contributed by atoms with van der Waals surface area (Å²) in [7, 11) is -3.61. The predicted octanol–water partition coefficient (Wildman–Crippen LogP) is 1.98. The Labute approximate surface area is 119 Å². The van der Waals surface area contributed by atoms with E-state index < -0.39 is 22.4 Å². The smallest absolute Gasteiger partial charge is 0.243 e. The maximum absolute atomic E-state index is 13.3. The van der Waals surface area contributed by atoms with Crippen LogP contribution in [-0.4, -0.2) is 30.9 Å². The summed E-state index contributed by atoms with van der Waals surface area (Å²) in [5.74, 6) is 0.214. The van der Waals surface area contributed by atoms with E-state index in [-0.39, 0.29) is 10.5 Å². The Hall–Kier alpha value is -0.980. The molecule has 6 heteroatoms. The molecular weight excluding hydrogens is 281 g/mol. The summed E-state index contributed by atoms with van der Waals surface area (Å²) < 4.78 is 39.9. The maximum Gasteiger partial charge on any atom is 0.243 e. The number of rotatable bonds is 3. The Morgan fingerprint density at radius 2 is 2.05 bits per heavy atom. The standard InChI is InChI=1S/C14H20FNO3S/c1-10-5-6-16(8-11(10)2)20(18,19)13-3-4-14(15)12(7-13)9-17/h3-4,7,10-11,17H,5-6,8-9H2,1-2H3. The molecule has 1 aromatic carbocycles. The molecule has 0 radical (unpaired) electrons. The van der Waals surface area contributed by atoms with E-state index in [1.54, 1.807) is 0 Å². The van der Waals surface area contributed by atoms with Gasteiger partial charge < -0.3 is 5.11 Å². The van der Waals surface area contributed by atoms with Crippen LogP contribution in [0.15, 0.2) is 23.1 Å². The molecular formula is C14H20FNO3S. The number of sulfonamides is 1. The van der Waals surface area contributed by atoms with Crippen molar-refractivity contribution in [1.82, 2.24) is 4.31 Å². The van der Waals surface area contributed by atoms with E-state index in [9.17, 15) is 12.8 Å². The normalized spacial score (nSPS) is 24.8. The van der Waals surface area contributed by atoms with Crippen LogP contribution in [0.5, 0.6) is 0 Å². The predicted molar refractivity (Wildman–Crippen MR) is 74.0 cm³/mol. The van der Waals surface area contributed by atoms with E-state index in [4.69, 9.17) is 5.11 Å². The molecule has 1 N–H and O–H groups in total. The van der Waals surface area contributed by atoms with Crippen LogP contribution in [-0.2, 0) is 16.6 Å². The average molecular weight is 301 g/mol. The van der Waals surface area contributed by atoms with Gasteiger partial charge in [0.15, 0.2) is 0 Å². The molecule has 0 amide bonds. The Bertz CT molecular complexity index is 588. The largest absolute Gasteiger partial charge is 0.392 e. The summed E-state index contributed by atoms with van der Waals surface area (Å²) in [4.78, 5) is 0.0460. The van der Waals surface area contributed by atoms with Crippen molar-refractivity contribution >= 4 is 10.0 Å². The molecule has 1 saturated heterocycles. The minimum absolute atomic E-state index is 0.00417. The van der Waals surface area contributed by atoms with Crippen LogP contribution in [0.1, 0.15) is 25.8 Å². The molecule has 0 saturated carbocycles.